The average molecular weight is 446 g/mol. The third-order valence-corrected chi connectivity index (χ3v) is 5.91. The maximum atomic E-state index is 12.0. The highest BCUT2D eigenvalue weighted by molar-refractivity contribution is 7.90. The van der Waals surface area contributed by atoms with Crippen LogP contribution in [0.2, 0.25) is 0 Å². The summed E-state index contributed by atoms with van der Waals surface area (Å²) < 4.78 is 25.7. The van der Waals surface area contributed by atoms with Crippen molar-refractivity contribution >= 4 is 27.1 Å². The number of nitrogens with zero attached hydrogens (tertiary/aromatic N) is 6. The first-order valence-corrected chi connectivity index (χ1v) is 11.5. The number of sulfone groups is 1. The molecule has 0 spiro atoms. The topological polar surface area (TPSA) is 131 Å². The van der Waals surface area contributed by atoms with Gasteiger partial charge in [-0.15, -0.1) is 0 Å². The van der Waals surface area contributed by atoms with Gasteiger partial charge in [0.25, 0.3) is 0 Å². The molecule has 2 N–H and O–H groups in total. The number of anilines is 2. The summed E-state index contributed by atoms with van der Waals surface area (Å²) in [5.74, 6) is 1.74. The van der Waals surface area contributed by atoms with Crippen LogP contribution in [-0.2, 0) is 9.84 Å². The smallest absolute Gasteiger partial charge is 0.175 e. The number of H-pyrrole nitrogens is 1. The van der Waals surface area contributed by atoms with Crippen LogP contribution in [0.15, 0.2) is 65.8 Å². The first-order valence-electron chi connectivity index (χ1n) is 9.65. The highest BCUT2D eigenvalue weighted by Gasteiger charge is 2.19. The molecule has 5 rings (SSSR count). The zero-order chi connectivity index (χ0) is 22.3. The average Bonchev–Trinajstić information content (AvgIpc) is 3.40. The summed E-state index contributed by atoms with van der Waals surface area (Å²) >= 11 is 0. The third-order valence-electron chi connectivity index (χ3n) is 4.80. The fourth-order valence-corrected chi connectivity index (χ4v) is 4.00. The number of hydrogen-bond acceptors (Lipinski definition) is 8. The van der Waals surface area contributed by atoms with Crippen LogP contribution >= 0.6 is 0 Å². The van der Waals surface area contributed by atoms with E-state index in [2.05, 4.69) is 30.5 Å². The molecule has 160 valence electrons. The highest BCUT2D eigenvalue weighted by Crippen LogP contribution is 2.30. The van der Waals surface area contributed by atoms with E-state index in [1.54, 1.807) is 53.3 Å². The van der Waals surface area contributed by atoms with Crippen LogP contribution in [-0.4, -0.2) is 49.4 Å². The van der Waals surface area contributed by atoms with Crippen LogP contribution in [0.25, 0.3) is 28.3 Å². The van der Waals surface area contributed by atoms with E-state index in [-0.39, 0.29) is 4.90 Å². The third kappa shape index (κ3) is 3.69. The number of aromatic amines is 1. The molecule has 11 heteroatoms. The van der Waals surface area contributed by atoms with Crippen LogP contribution in [0.4, 0.5) is 11.6 Å². The molecule has 5 aromatic rings. The van der Waals surface area contributed by atoms with Crippen molar-refractivity contribution in [3.05, 3.63) is 66.7 Å². The molecule has 0 atom stereocenters. The summed E-state index contributed by atoms with van der Waals surface area (Å²) in [6.45, 7) is 1.81. The monoisotopic (exact) mass is 446 g/mol. The Morgan fingerprint density at radius 3 is 2.66 bits per heavy atom. The van der Waals surface area contributed by atoms with Gasteiger partial charge in [0.15, 0.2) is 27.1 Å². The minimum atomic E-state index is -3.34. The van der Waals surface area contributed by atoms with Crippen molar-refractivity contribution in [2.45, 2.75) is 11.8 Å². The van der Waals surface area contributed by atoms with Crippen molar-refractivity contribution in [2.24, 2.45) is 0 Å². The van der Waals surface area contributed by atoms with Crippen LogP contribution < -0.4 is 5.32 Å². The maximum absolute atomic E-state index is 12.0. The Bertz CT molecular complexity index is 1540. The summed E-state index contributed by atoms with van der Waals surface area (Å²) in [5.41, 5.74) is 3.14. The minimum absolute atomic E-state index is 0.232. The molecule has 4 heterocycles. The number of aromatic nitrogens is 7. The molecule has 0 bridgehead atoms. The van der Waals surface area contributed by atoms with E-state index in [0.717, 1.165) is 0 Å². The lowest BCUT2D eigenvalue weighted by atomic mass is 10.1. The van der Waals surface area contributed by atoms with Gasteiger partial charge < -0.3 is 5.32 Å². The predicted octanol–water partition coefficient (Wildman–Crippen LogP) is 3.03. The number of imidazole rings is 1. The number of fused-ring (bicyclic) bond motifs is 1. The molecule has 0 unspecified atom stereocenters. The lowest BCUT2D eigenvalue weighted by Crippen LogP contribution is -2.01. The maximum Gasteiger partial charge on any atom is 0.175 e. The van der Waals surface area contributed by atoms with Crippen molar-refractivity contribution in [3.8, 4) is 22.6 Å². The molecule has 0 saturated heterocycles. The van der Waals surface area contributed by atoms with Gasteiger partial charge in [-0.05, 0) is 37.3 Å². The van der Waals surface area contributed by atoms with E-state index >= 15 is 0 Å². The molecule has 0 aliphatic rings. The van der Waals surface area contributed by atoms with Gasteiger partial charge in [-0.2, -0.15) is 10.2 Å². The second-order valence-corrected chi connectivity index (χ2v) is 9.19. The van der Waals surface area contributed by atoms with Gasteiger partial charge in [0, 0.05) is 30.3 Å². The number of aryl methyl sites for hydroxylation is 1. The zero-order valence-electron chi connectivity index (χ0n) is 17.2. The predicted molar refractivity (Wildman–Crippen MR) is 119 cm³/mol. The Morgan fingerprint density at radius 1 is 1.03 bits per heavy atom. The molecule has 32 heavy (non-hydrogen) atoms. The van der Waals surface area contributed by atoms with E-state index in [1.807, 2.05) is 19.1 Å². The molecule has 1 aromatic carbocycles. The van der Waals surface area contributed by atoms with Crippen LogP contribution in [0.1, 0.15) is 5.82 Å². The van der Waals surface area contributed by atoms with Gasteiger partial charge in [-0.3, -0.25) is 5.10 Å². The van der Waals surface area contributed by atoms with Crippen molar-refractivity contribution in [1.29, 1.82) is 0 Å². The Balaban J connectivity index is 1.71. The van der Waals surface area contributed by atoms with E-state index in [0.29, 0.717) is 45.8 Å². The number of rotatable bonds is 5. The second kappa shape index (κ2) is 7.54. The zero-order valence-corrected chi connectivity index (χ0v) is 18.0. The van der Waals surface area contributed by atoms with Crippen molar-refractivity contribution in [3.63, 3.8) is 0 Å². The number of hydrogen-bond donors (Lipinski definition) is 2. The Hall–Kier alpha value is -4.12. The fraction of sp³-hybridized carbons (Fsp3) is 0.0952. The largest absolute Gasteiger partial charge is 0.322 e. The van der Waals surface area contributed by atoms with Gasteiger partial charge in [0.1, 0.15) is 11.5 Å². The Morgan fingerprint density at radius 2 is 1.91 bits per heavy atom. The molecule has 10 nitrogen and oxygen atoms in total. The molecule has 0 saturated carbocycles. The lowest BCUT2D eigenvalue weighted by Gasteiger charge is -2.07. The van der Waals surface area contributed by atoms with Gasteiger partial charge in [-0.1, -0.05) is 12.1 Å². The van der Waals surface area contributed by atoms with Crippen molar-refractivity contribution in [1.82, 2.24) is 34.8 Å². The normalized spacial score (nSPS) is 11.7. The molecule has 0 radical (unpaired) electrons. The number of nitrogens with one attached hydrogen (secondary N) is 2. The summed E-state index contributed by atoms with van der Waals surface area (Å²) in [6, 6.07) is 13.9. The van der Waals surface area contributed by atoms with Gasteiger partial charge in [0.05, 0.1) is 16.3 Å². The second-order valence-electron chi connectivity index (χ2n) is 7.17. The first-order chi connectivity index (χ1) is 15.4. The molecule has 4 aromatic heterocycles. The highest BCUT2D eigenvalue weighted by atomic mass is 32.2. The Kier molecular flexibility index (Phi) is 4.67. The molecule has 0 aliphatic heterocycles. The van der Waals surface area contributed by atoms with Gasteiger partial charge in [-0.25, -0.2) is 27.9 Å². The van der Waals surface area contributed by atoms with Gasteiger partial charge in [0.2, 0.25) is 0 Å². The number of benzene rings is 1. The van der Waals surface area contributed by atoms with Crippen LogP contribution in [0.5, 0.6) is 0 Å². The summed E-state index contributed by atoms with van der Waals surface area (Å²) in [7, 11) is -3.34. The lowest BCUT2D eigenvalue weighted by molar-refractivity contribution is 0.602. The van der Waals surface area contributed by atoms with Crippen molar-refractivity contribution < 1.29 is 8.42 Å². The molecule has 0 aliphatic carbocycles. The van der Waals surface area contributed by atoms with Crippen molar-refractivity contribution in [2.75, 3.05) is 11.6 Å². The molecular formula is C21H18N8O2S. The molecule has 0 fully saturated rings. The quantitative estimate of drug-likeness (QED) is 0.421. The SMILES string of the molecule is Cc1nccc(-c2c(Nc3cc[nH]n3)nc3ccc(-c4cccc(S(C)(=O)=O)c4)nn23)n1. The van der Waals surface area contributed by atoms with Gasteiger partial charge >= 0.3 is 0 Å². The van der Waals surface area contributed by atoms with Crippen LogP contribution in [0.3, 0.4) is 0 Å². The van der Waals surface area contributed by atoms with Crippen LogP contribution in [0, 0.1) is 6.92 Å². The van der Waals surface area contributed by atoms with E-state index in [9.17, 15) is 8.42 Å². The summed E-state index contributed by atoms with van der Waals surface area (Å²) in [6.07, 6.45) is 4.56. The summed E-state index contributed by atoms with van der Waals surface area (Å²) in [5, 5.41) is 14.8. The van der Waals surface area contributed by atoms with E-state index in [4.69, 9.17) is 5.10 Å². The van der Waals surface area contributed by atoms with E-state index < -0.39 is 9.84 Å². The first kappa shape index (κ1) is 19.8. The van der Waals surface area contributed by atoms with E-state index in [1.165, 1.54) is 6.26 Å². The standard InChI is InChI=1S/C21H18N8O2S/c1-13-22-10-8-17(24-13)20-21(25-18-9-11-23-27-18)26-19-7-6-16(28-29(19)20)14-4-3-5-15(12-14)32(2,30)31/h3-12H,1-2H3,(H2,23,25,27). The fourth-order valence-electron chi connectivity index (χ4n) is 3.33. The summed E-state index contributed by atoms with van der Waals surface area (Å²) in [4.78, 5) is 13.6. The molecule has 0 amide bonds. The minimum Gasteiger partial charge on any atom is -0.322 e. The molecular weight excluding hydrogens is 428 g/mol. The Labute approximate surface area is 183 Å².